The van der Waals surface area contributed by atoms with Crippen molar-refractivity contribution < 1.29 is 0 Å². The molecule has 1 atom stereocenters. The van der Waals surface area contributed by atoms with Gasteiger partial charge in [-0.2, -0.15) is 0 Å². The lowest BCUT2D eigenvalue weighted by Gasteiger charge is -2.16. The lowest BCUT2D eigenvalue weighted by Crippen LogP contribution is -2.23. The third-order valence-electron chi connectivity index (χ3n) is 2.40. The van der Waals surface area contributed by atoms with Crippen LogP contribution in [0.1, 0.15) is 30.6 Å². The van der Waals surface area contributed by atoms with Gasteiger partial charge in [0.15, 0.2) is 0 Å². The molecule has 2 aromatic heterocycles. The Morgan fingerprint density at radius 2 is 2.35 bits per heavy atom. The number of aromatic nitrogens is 2. The van der Waals surface area contributed by atoms with E-state index in [1.54, 1.807) is 23.7 Å². The molecule has 0 bridgehead atoms. The first-order valence-electron chi connectivity index (χ1n) is 5.54. The molecule has 0 spiro atoms. The fraction of sp³-hybridized carbons (Fsp3) is 0.333. The SMILES string of the molecule is CCCNC(c1csc(I)c1)c1cnccn1. The molecular weight excluding hydrogens is 345 g/mol. The molecule has 0 aliphatic heterocycles. The van der Waals surface area contributed by atoms with Gasteiger partial charge in [-0.15, -0.1) is 11.3 Å². The van der Waals surface area contributed by atoms with E-state index >= 15 is 0 Å². The average molecular weight is 359 g/mol. The zero-order chi connectivity index (χ0) is 12.1. The van der Waals surface area contributed by atoms with Crippen LogP contribution < -0.4 is 5.32 Å². The molecule has 0 saturated carbocycles. The van der Waals surface area contributed by atoms with Gasteiger partial charge in [-0.05, 0) is 52.6 Å². The minimum Gasteiger partial charge on any atom is -0.305 e. The van der Waals surface area contributed by atoms with E-state index in [1.807, 2.05) is 6.20 Å². The number of nitrogens with zero attached hydrogens (tertiary/aromatic N) is 2. The van der Waals surface area contributed by atoms with Crippen molar-refractivity contribution in [1.29, 1.82) is 0 Å². The Bertz CT molecular complexity index is 458. The first-order chi connectivity index (χ1) is 8.31. The Labute approximate surface area is 119 Å². The summed E-state index contributed by atoms with van der Waals surface area (Å²) in [6, 6.07) is 2.36. The zero-order valence-corrected chi connectivity index (χ0v) is 12.5. The van der Waals surface area contributed by atoms with E-state index in [2.05, 4.69) is 56.2 Å². The van der Waals surface area contributed by atoms with Crippen LogP contribution in [0, 0.1) is 2.88 Å². The number of thiophene rings is 1. The van der Waals surface area contributed by atoms with E-state index in [-0.39, 0.29) is 6.04 Å². The van der Waals surface area contributed by atoms with Crippen molar-refractivity contribution in [2.24, 2.45) is 0 Å². The predicted octanol–water partition coefficient (Wildman–Crippen LogP) is 3.23. The molecule has 2 heterocycles. The van der Waals surface area contributed by atoms with E-state index < -0.39 is 0 Å². The molecular formula is C12H14IN3S. The maximum atomic E-state index is 4.39. The smallest absolute Gasteiger partial charge is 0.0801 e. The summed E-state index contributed by atoms with van der Waals surface area (Å²) in [6.45, 7) is 3.14. The Hall–Kier alpha value is -0.530. The predicted molar refractivity (Wildman–Crippen MR) is 79.2 cm³/mol. The molecule has 90 valence electrons. The van der Waals surface area contributed by atoms with Crippen LogP contribution in [0.4, 0.5) is 0 Å². The second kappa shape index (κ2) is 6.42. The van der Waals surface area contributed by atoms with Crippen LogP contribution in [0.3, 0.4) is 0 Å². The Morgan fingerprint density at radius 1 is 1.47 bits per heavy atom. The lowest BCUT2D eigenvalue weighted by molar-refractivity contribution is 0.585. The van der Waals surface area contributed by atoms with Gasteiger partial charge in [-0.1, -0.05) is 6.92 Å². The van der Waals surface area contributed by atoms with Crippen molar-refractivity contribution in [2.45, 2.75) is 19.4 Å². The van der Waals surface area contributed by atoms with Crippen LogP contribution in [0.25, 0.3) is 0 Å². The van der Waals surface area contributed by atoms with Crippen molar-refractivity contribution in [3.63, 3.8) is 0 Å². The molecule has 0 saturated heterocycles. The van der Waals surface area contributed by atoms with Gasteiger partial charge >= 0.3 is 0 Å². The summed E-state index contributed by atoms with van der Waals surface area (Å²) in [5.74, 6) is 0. The number of rotatable bonds is 5. The van der Waals surface area contributed by atoms with Crippen molar-refractivity contribution in [3.8, 4) is 0 Å². The molecule has 0 amide bonds. The van der Waals surface area contributed by atoms with Crippen LogP contribution in [-0.4, -0.2) is 16.5 Å². The fourth-order valence-corrected chi connectivity index (χ4v) is 3.01. The monoisotopic (exact) mass is 359 g/mol. The maximum Gasteiger partial charge on any atom is 0.0801 e. The van der Waals surface area contributed by atoms with E-state index in [9.17, 15) is 0 Å². The molecule has 2 aromatic rings. The maximum absolute atomic E-state index is 4.39. The van der Waals surface area contributed by atoms with Gasteiger partial charge in [0.05, 0.1) is 20.8 Å². The summed E-state index contributed by atoms with van der Waals surface area (Å²) in [5, 5.41) is 5.70. The minimum absolute atomic E-state index is 0.156. The molecule has 0 aromatic carbocycles. The number of nitrogens with one attached hydrogen (secondary N) is 1. The van der Waals surface area contributed by atoms with Crippen molar-refractivity contribution in [2.75, 3.05) is 6.54 Å². The third kappa shape index (κ3) is 3.46. The summed E-state index contributed by atoms with van der Waals surface area (Å²) >= 11 is 4.11. The first kappa shape index (κ1) is 12.9. The van der Waals surface area contributed by atoms with Gasteiger partial charge in [0.25, 0.3) is 0 Å². The highest BCUT2D eigenvalue weighted by molar-refractivity contribution is 14.1. The van der Waals surface area contributed by atoms with Gasteiger partial charge in [0.1, 0.15) is 0 Å². The summed E-state index contributed by atoms with van der Waals surface area (Å²) in [5.41, 5.74) is 2.25. The molecule has 1 unspecified atom stereocenters. The highest BCUT2D eigenvalue weighted by Gasteiger charge is 2.15. The van der Waals surface area contributed by atoms with Gasteiger partial charge in [0.2, 0.25) is 0 Å². The molecule has 2 rings (SSSR count). The van der Waals surface area contributed by atoms with E-state index in [0.717, 1.165) is 18.7 Å². The van der Waals surface area contributed by atoms with Crippen LogP contribution in [-0.2, 0) is 0 Å². The van der Waals surface area contributed by atoms with Gasteiger partial charge in [-0.3, -0.25) is 9.97 Å². The molecule has 17 heavy (non-hydrogen) atoms. The van der Waals surface area contributed by atoms with E-state index in [1.165, 1.54) is 8.45 Å². The molecule has 0 aliphatic carbocycles. The molecule has 0 aliphatic rings. The number of hydrogen-bond donors (Lipinski definition) is 1. The van der Waals surface area contributed by atoms with Crippen LogP contribution in [0.5, 0.6) is 0 Å². The van der Waals surface area contributed by atoms with Crippen molar-refractivity contribution >= 4 is 33.9 Å². The van der Waals surface area contributed by atoms with Crippen molar-refractivity contribution in [1.82, 2.24) is 15.3 Å². The molecule has 0 fully saturated rings. The average Bonchev–Trinajstić information content (AvgIpc) is 2.78. The number of hydrogen-bond acceptors (Lipinski definition) is 4. The van der Waals surface area contributed by atoms with Gasteiger partial charge < -0.3 is 5.32 Å². The molecule has 1 N–H and O–H groups in total. The fourth-order valence-electron chi connectivity index (χ4n) is 1.62. The highest BCUT2D eigenvalue weighted by atomic mass is 127. The number of halogens is 1. The van der Waals surface area contributed by atoms with E-state index in [4.69, 9.17) is 0 Å². The largest absolute Gasteiger partial charge is 0.305 e. The summed E-state index contributed by atoms with van der Waals surface area (Å²) in [7, 11) is 0. The third-order valence-corrected chi connectivity index (χ3v) is 4.21. The normalized spacial score (nSPS) is 12.6. The first-order valence-corrected chi connectivity index (χ1v) is 7.50. The summed E-state index contributed by atoms with van der Waals surface area (Å²) in [6.07, 6.45) is 6.39. The van der Waals surface area contributed by atoms with E-state index in [0.29, 0.717) is 0 Å². The van der Waals surface area contributed by atoms with Crippen molar-refractivity contribution in [3.05, 3.63) is 44.2 Å². The minimum atomic E-state index is 0.156. The Morgan fingerprint density at radius 3 is 2.94 bits per heavy atom. The second-order valence-electron chi connectivity index (χ2n) is 3.70. The highest BCUT2D eigenvalue weighted by Crippen LogP contribution is 2.25. The van der Waals surface area contributed by atoms with Crippen LogP contribution >= 0.6 is 33.9 Å². The lowest BCUT2D eigenvalue weighted by atomic mass is 10.1. The summed E-state index contributed by atoms with van der Waals surface area (Å²) in [4.78, 5) is 8.54. The summed E-state index contributed by atoms with van der Waals surface area (Å²) < 4.78 is 1.30. The zero-order valence-electron chi connectivity index (χ0n) is 9.56. The van der Waals surface area contributed by atoms with Gasteiger partial charge in [-0.25, -0.2) is 0 Å². The topological polar surface area (TPSA) is 37.8 Å². The Kier molecular flexibility index (Phi) is 4.87. The molecule has 0 radical (unpaired) electrons. The molecule has 5 heteroatoms. The second-order valence-corrected chi connectivity index (χ2v) is 6.51. The van der Waals surface area contributed by atoms with Crippen LogP contribution in [0.15, 0.2) is 30.0 Å². The van der Waals surface area contributed by atoms with Gasteiger partial charge in [0, 0.05) is 12.4 Å². The molecule has 3 nitrogen and oxygen atoms in total. The quantitative estimate of drug-likeness (QED) is 0.833. The van der Waals surface area contributed by atoms with Crippen LogP contribution in [0.2, 0.25) is 0 Å². The Balaban J connectivity index is 2.25. The standard InChI is InChI=1S/C12H14IN3S/c1-2-3-16-12(9-6-11(13)17-8-9)10-7-14-4-5-15-10/h4-8,12,16H,2-3H2,1H3.